The molecule has 1 aliphatic heterocycles. The van der Waals surface area contributed by atoms with Crippen LogP contribution in [0, 0.1) is 5.92 Å². The van der Waals surface area contributed by atoms with Gasteiger partial charge in [-0.2, -0.15) is 0 Å². The van der Waals surface area contributed by atoms with Gasteiger partial charge in [-0.1, -0.05) is 6.92 Å². The average molecular weight is 441 g/mol. The highest BCUT2D eigenvalue weighted by atomic mass is 127. The van der Waals surface area contributed by atoms with Crippen LogP contribution in [0.1, 0.15) is 26.7 Å². The number of guanidine groups is 1. The van der Waals surface area contributed by atoms with Crippen molar-refractivity contribution in [1.29, 1.82) is 0 Å². The molecule has 136 valence electrons. The van der Waals surface area contributed by atoms with E-state index in [1.165, 1.54) is 0 Å². The standard InChI is InChI=1S/C15H31N5O2.HI/c1-4-17-15(18-9-12(2)11-21)19-13-5-7-20(8-6-13)10-14(22)16-3;/h12-13,21H,4-11H2,1-3H3,(H,16,22)(H2,17,18,19);1H. The number of hydrogen-bond acceptors (Lipinski definition) is 4. The van der Waals surface area contributed by atoms with Gasteiger partial charge >= 0.3 is 0 Å². The molecule has 0 aliphatic carbocycles. The Morgan fingerprint density at radius 3 is 2.57 bits per heavy atom. The van der Waals surface area contributed by atoms with E-state index in [0.717, 1.165) is 38.4 Å². The van der Waals surface area contributed by atoms with Crippen molar-refractivity contribution >= 4 is 35.8 Å². The molecular formula is C15H32IN5O2. The minimum absolute atomic E-state index is 0. The van der Waals surface area contributed by atoms with Crippen molar-refractivity contribution in [1.82, 2.24) is 20.9 Å². The number of likely N-dealkylation sites (N-methyl/N-ethyl adjacent to an activating group) is 1. The van der Waals surface area contributed by atoms with Crippen LogP contribution in [0.2, 0.25) is 0 Å². The zero-order valence-electron chi connectivity index (χ0n) is 14.5. The summed E-state index contributed by atoms with van der Waals surface area (Å²) in [7, 11) is 1.67. The predicted octanol–water partition coefficient (Wildman–Crippen LogP) is -0.00170. The molecule has 7 nitrogen and oxygen atoms in total. The molecule has 4 N–H and O–H groups in total. The first-order chi connectivity index (χ1) is 10.6. The first-order valence-electron chi connectivity index (χ1n) is 8.17. The molecule has 8 heteroatoms. The molecule has 1 aliphatic rings. The lowest BCUT2D eigenvalue weighted by molar-refractivity contribution is -0.122. The van der Waals surface area contributed by atoms with Crippen molar-refractivity contribution in [3.8, 4) is 0 Å². The second-order valence-electron chi connectivity index (χ2n) is 5.88. The van der Waals surface area contributed by atoms with E-state index in [9.17, 15) is 4.79 Å². The molecule has 0 spiro atoms. The number of nitrogens with zero attached hydrogens (tertiary/aromatic N) is 2. The number of likely N-dealkylation sites (tertiary alicyclic amines) is 1. The summed E-state index contributed by atoms with van der Waals surface area (Å²) in [5, 5.41) is 18.4. The third-order valence-electron chi connectivity index (χ3n) is 3.79. The fourth-order valence-corrected chi connectivity index (χ4v) is 2.34. The van der Waals surface area contributed by atoms with Crippen LogP contribution >= 0.6 is 24.0 Å². The van der Waals surface area contributed by atoms with Gasteiger partial charge in [-0.05, 0) is 25.7 Å². The highest BCUT2D eigenvalue weighted by Gasteiger charge is 2.21. The summed E-state index contributed by atoms with van der Waals surface area (Å²) in [6, 6.07) is 0.378. The first-order valence-corrected chi connectivity index (χ1v) is 8.17. The molecular weight excluding hydrogens is 409 g/mol. The topological polar surface area (TPSA) is 89.0 Å². The van der Waals surface area contributed by atoms with Gasteiger partial charge in [0.15, 0.2) is 5.96 Å². The van der Waals surface area contributed by atoms with Crippen LogP contribution in [0.3, 0.4) is 0 Å². The number of piperidine rings is 1. The maximum absolute atomic E-state index is 11.4. The van der Waals surface area contributed by atoms with E-state index in [-0.39, 0.29) is 42.4 Å². The largest absolute Gasteiger partial charge is 0.396 e. The van der Waals surface area contributed by atoms with Gasteiger partial charge in [0, 0.05) is 45.9 Å². The van der Waals surface area contributed by atoms with Gasteiger partial charge in [0.25, 0.3) is 0 Å². The van der Waals surface area contributed by atoms with Crippen LogP contribution in [0.15, 0.2) is 4.99 Å². The number of amides is 1. The summed E-state index contributed by atoms with van der Waals surface area (Å²) in [5.74, 6) is 1.05. The molecule has 1 heterocycles. The maximum Gasteiger partial charge on any atom is 0.233 e. The summed E-state index contributed by atoms with van der Waals surface area (Å²) < 4.78 is 0. The molecule has 1 unspecified atom stereocenters. The van der Waals surface area contributed by atoms with Gasteiger partial charge in [-0.15, -0.1) is 24.0 Å². The van der Waals surface area contributed by atoms with E-state index in [1.54, 1.807) is 7.05 Å². The van der Waals surface area contributed by atoms with Crippen molar-refractivity contribution in [2.75, 3.05) is 46.4 Å². The lowest BCUT2D eigenvalue weighted by Gasteiger charge is -2.32. The Hall–Kier alpha value is -0.610. The number of aliphatic hydroxyl groups excluding tert-OH is 1. The van der Waals surface area contributed by atoms with Crippen LogP contribution in [0.4, 0.5) is 0 Å². The number of carbonyl (C=O) groups is 1. The summed E-state index contributed by atoms with van der Waals surface area (Å²) in [4.78, 5) is 18.1. The molecule has 1 fully saturated rings. The molecule has 1 amide bonds. The number of rotatable bonds is 7. The second-order valence-corrected chi connectivity index (χ2v) is 5.88. The number of nitrogens with one attached hydrogen (secondary N) is 3. The Morgan fingerprint density at radius 1 is 1.39 bits per heavy atom. The van der Waals surface area contributed by atoms with Crippen LogP contribution in [-0.4, -0.2) is 74.3 Å². The molecule has 0 aromatic rings. The Bertz CT molecular complexity index is 360. The molecule has 1 rings (SSSR count). The van der Waals surface area contributed by atoms with Crippen molar-refractivity contribution < 1.29 is 9.90 Å². The number of hydrogen-bond donors (Lipinski definition) is 4. The minimum Gasteiger partial charge on any atom is -0.396 e. The Morgan fingerprint density at radius 2 is 2.04 bits per heavy atom. The molecule has 0 aromatic carbocycles. The molecule has 0 aromatic heterocycles. The monoisotopic (exact) mass is 441 g/mol. The van der Waals surface area contributed by atoms with Gasteiger partial charge in [0.1, 0.15) is 0 Å². The SMILES string of the molecule is CCNC(=NCC(C)CO)NC1CCN(CC(=O)NC)CC1.I. The van der Waals surface area contributed by atoms with E-state index >= 15 is 0 Å². The maximum atomic E-state index is 11.4. The second kappa shape index (κ2) is 12.8. The molecule has 23 heavy (non-hydrogen) atoms. The van der Waals surface area contributed by atoms with Crippen LogP contribution < -0.4 is 16.0 Å². The van der Waals surface area contributed by atoms with Gasteiger partial charge in [-0.25, -0.2) is 0 Å². The third kappa shape index (κ3) is 9.31. The first kappa shape index (κ1) is 22.4. The van der Waals surface area contributed by atoms with Crippen LogP contribution in [-0.2, 0) is 4.79 Å². The lowest BCUT2D eigenvalue weighted by Crippen LogP contribution is -2.50. The fourth-order valence-electron chi connectivity index (χ4n) is 2.34. The van der Waals surface area contributed by atoms with E-state index in [1.807, 2.05) is 13.8 Å². The summed E-state index contributed by atoms with van der Waals surface area (Å²) in [6.45, 7) is 7.90. The zero-order valence-corrected chi connectivity index (χ0v) is 16.8. The van der Waals surface area contributed by atoms with Crippen LogP contribution in [0.5, 0.6) is 0 Å². The van der Waals surface area contributed by atoms with E-state index in [2.05, 4.69) is 25.8 Å². The molecule has 0 saturated carbocycles. The predicted molar refractivity (Wildman–Crippen MR) is 104 cm³/mol. The average Bonchev–Trinajstić information content (AvgIpc) is 2.54. The minimum atomic E-state index is 0. The molecule has 1 saturated heterocycles. The third-order valence-corrected chi connectivity index (χ3v) is 3.79. The van der Waals surface area contributed by atoms with Gasteiger partial charge in [-0.3, -0.25) is 14.7 Å². The van der Waals surface area contributed by atoms with Crippen molar-refractivity contribution in [2.24, 2.45) is 10.9 Å². The van der Waals surface area contributed by atoms with Crippen molar-refractivity contribution in [2.45, 2.75) is 32.7 Å². The number of aliphatic imine (C=N–C) groups is 1. The van der Waals surface area contributed by atoms with E-state index in [0.29, 0.717) is 19.1 Å². The number of aliphatic hydroxyl groups is 1. The highest BCUT2D eigenvalue weighted by molar-refractivity contribution is 14.0. The normalized spacial score (nSPS) is 18.0. The number of halogens is 1. The number of carbonyl (C=O) groups excluding carboxylic acids is 1. The van der Waals surface area contributed by atoms with Crippen molar-refractivity contribution in [3.05, 3.63) is 0 Å². The van der Waals surface area contributed by atoms with Gasteiger partial charge < -0.3 is 21.1 Å². The quantitative estimate of drug-likeness (QED) is 0.254. The zero-order chi connectivity index (χ0) is 16.4. The van der Waals surface area contributed by atoms with Crippen LogP contribution in [0.25, 0.3) is 0 Å². The summed E-state index contributed by atoms with van der Waals surface area (Å²) in [6.07, 6.45) is 1.99. The lowest BCUT2D eigenvalue weighted by atomic mass is 10.1. The summed E-state index contributed by atoms with van der Waals surface area (Å²) >= 11 is 0. The molecule has 1 atom stereocenters. The molecule has 0 radical (unpaired) electrons. The fraction of sp³-hybridized carbons (Fsp3) is 0.867. The van der Waals surface area contributed by atoms with Gasteiger partial charge in [0.05, 0.1) is 6.54 Å². The highest BCUT2D eigenvalue weighted by Crippen LogP contribution is 2.09. The van der Waals surface area contributed by atoms with E-state index < -0.39 is 0 Å². The van der Waals surface area contributed by atoms with Crippen molar-refractivity contribution in [3.63, 3.8) is 0 Å². The van der Waals surface area contributed by atoms with E-state index in [4.69, 9.17) is 5.11 Å². The molecule has 0 bridgehead atoms. The van der Waals surface area contributed by atoms with Gasteiger partial charge in [0.2, 0.25) is 5.91 Å². The summed E-state index contributed by atoms with van der Waals surface area (Å²) in [5.41, 5.74) is 0. The Kier molecular flexibility index (Phi) is 12.4. The Labute approximate surface area is 156 Å². The smallest absolute Gasteiger partial charge is 0.233 e. The Balaban J connectivity index is 0.00000484.